The molecule has 3 N–H and O–H groups in total. The molecule has 2 aromatic rings. The molecule has 0 aliphatic carbocycles. The van der Waals surface area contributed by atoms with E-state index in [0.717, 1.165) is 23.4 Å². The molecular formula is C22H25N3O3. The largest absolute Gasteiger partial charge is 0.483 e. The quantitative estimate of drug-likeness (QED) is 0.684. The molecule has 3 atom stereocenters. The molecule has 1 aliphatic rings. The van der Waals surface area contributed by atoms with Crippen molar-refractivity contribution in [3.63, 3.8) is 0 Å². The highest BCUT2D eigenvalue weighted by Gasteiger charge is 2.26. The average molecular weight is 379 g/mol. The molecule has 2 aromatic carbocycles. The van der Waals surface area contributed by atoms with Crippen molar-refractivity contribution in [2.75, 3.05) is 18.4 Å². The molecule has 1 heterocycles. The topological polar surface area (TPSA) is 94.4 Å². The van der Waals surface area contributed by atoms with E-state index in [1.165, 1.54) is 0 Å². The van der Waals surface area contributed by atoms with E-state index in [2.05, 4.69) is 30.6 Å². The highest BCUT2D eigenvalue weighted by Crippen LogP contribution is 2.33. The molecular weight excluding hydrogens is 354 g/mol. The molecule has 0 unspecified atom stereocenters. The third-order valence-corrected chi connectivity index (χ3v) is 5.08. The number of hydrogen-bond acceptors (Lipinski definition) is 5. The number of nitriles is 1. The molecule has 6 heteroatoms. The summed E-state index contributed by atoms with van der Waals surface area (Å²) in [4.78, 5) is 10.9. The van der Waals surface area contributed by atoms with Gasteiger partial charge < -0.3 is 20.5 Å². The van der Waals surface area contributed by atoms with Crippen LogP contribution in [0, 0.1) is 11.3 Å². The van der Waals surface area contributed by atoms with E-state index in [-0.39, 0.29) is 24.5 Å². The molecule has 6 nitrogen and oxygen atoms in total. The number of nitrogens with one attached hydrogen (secondary N) is 2. The van der Waals surface area contributed by atoms with Crippen LogP contribution in [0.2, 0.25) is 0 Å². The predicted molar refractivity (Wildman–Crippen MR) is 108 cm³/mol. The second-order valence-corrected chi connectivity index (χ2v) is 7.24. The molecule has 1 aliphatic heterocycles. The number of carbonyl (C=O) groups is 1. The highest BCUT2D eigenvalue weighted by atomic mass is 16.5. The number of hydrogen-bond donors (Lipinski definition) is 3. The number of anilines is 1. The molecule has 146 valence electrons. The van der Waals surface area contributed by atoms with Crippen LogP contribution in [0.4, 0.5) is 5.69 Å². The lowest BCUT2D eigenvalue weighted by Crippen LogP contribution is -2.47. The summed E-state index contributed by atoms with van der Waals surface area (Å²) in [5.74, 6) is 0.0227. The Morgan fingerprint density at radius 1 is 1.36 bits per heavy atom. The van der Waals surface area contributed by atoms with Gasteiger partial charge in [0.15, 0.2) is 5.75 Å². The Morgan fingerprint density at radius 2 is 2.14 bits per heavy atom. The first-order valence-corrected chi connectivity index (χ1v) is 9.45. The van der Waals surface area contributed by atoms with Gasteiger partial charge in [-0.05, 0) is 36.1 Å². The SMILES string of the molecule is C[C@@H](CN[C@H](C)[C@H]1CNc2cccc(C#N)c2O1)c1cccc(CC(=O)O)c1. The zero-order chi connectivity index (χ0) is 20.1. The third-order valence-electron chi connectivity index (χ3n) is 5.08. The van der Waals surface area contributed by atoms with Gasteiger partial charge in [0.25, 0.3) is 0 Å². The summed E-state index contributed by atoms with van der Waals surface area (Å²) in [6.07, 6.45) is -0.0559. The van der Waals surface area contributed by atoms with Crippen LogP contribution in [-0.4, -0.2) is 36.3 Å². The zero-order valence-corrected chi connectivity index (χ0v) is 16.1. The maximum absolute atomic E-state index is 10.9. The minimum absolute atomic E-state index is 0.0343. The fraction of sp³-hybridized carbons (Fsp3) is 0.364. The van der Waals surface area contributed by atoms with Gasteiger partial charge in [0.1, 0.15) is 12.2 Å². The molecule has 0 fully saturated rings. The van der Waals surface area contributed by atoms with Crippen LogP contribution in [0.15, 0.2) is 42.5 Å². The zero-order valence-electron chi connectivity index (χ0n) is 16.1. The Balaban J connectivity index is 1.59. The lowest BCUT2D eigenvalue weighted by Gasteiger charge is -2.32. The number of carboxylic acid groups (broad SMARTS) is 1. The van der Waals surface area contributed by atoms with Crippen LogP contribution in [0.25, 0.3) is 0 Å². The van der Waals surface area contributed by atoms with Crippen molar-refractivity contribution in [3.05, 3.63) is 59.2 Å². The normalized spacial score (nSPS) is 17.4. The second kappa shape index (κ2) is 8.77. The van der Waals surface area contributed by atoms with Crippen LogP contribution in [0.5, 0.6) is 5.75 Å². The fourth-order valence-corrected chi connectivity index (χ4v) is 3.37. The number of rotatable bonds is 7. The van der Waals surface area contributed by atoms with Crippen molar-refractivity contribution >= 4 is 11.7 Å². The molecule has 0 saturated heterocycles. The monoisotopic (exact) mass is 379 g/mol. The molecule has 0 spiro atoms. The van der Waals surface area contributed by atoms with Crippen molar-refractivity contribution in [1.82, 2.24) is 5.32 Å². The molecule has 3 rings (SSSR count). The van der Waals surface area contributed by atoms with Crippen LogP contribution < -0.4 is 15.4 Å². The van der Waals surface area contributed by atoms with Gasteiger partial charge in [-0.25, -0.2) is 0 Å². The smallest absolute Gasteiger partial charge is 0.307 e. The Hall–Kier alpha value is -3.04. The first-order chi connectivity index (χ1) is 13.5. The van der Waals surface area contributed by atoms with Crippen molar-refractivity contribution in [2.24, 2.45) is 0 Å². The van der Waals surface area contributed by atoms with Gasteiger partial charge in [0.05, 0.1) is 24.2 Å². The van der Waals surface area contributed by atoms with E-state index in [1.807, 2.05) is 36.4 Å². The maximum atomic E-state index is 10.9. The summed E-state index contributed by atoms with van der Waals surface area (Å²) < 4.78 is 6.10. The Bertz CT molecular complexity index is 891. The van der Waals surface area contributed by atoms with Crippen LogP contribution in [0.1, 0.15) is 36.5 Å². The van der Waals surface area contributed by atoms with Crippen LogP contribution >= 0.6 is 0 Å². The summed E-state index contributed by atoms with van der Waals surface area (Å²) in [7, 11) is 0. The minimum Gasteiger partial charge on any atom is -0.483 e. The van der Waals surface area contributed by atoms with Gasteiger partial charge in [0.2, 0.25) is 0 Å². The van der Waals surface area contributed by atoms with Crippen LogP contribution in [0.3, 0.4) is 0 Å². The Kier molecular flexibility index (Phi) is 6.17. The number of aliphatic carboxylic acids is 1. The van der Waals surface area contributed by atoms with E-state index >= 15 is 0 Å². The first-order valence-electron chi connectivity index (χ1n) is 9.45. The van der Waals surface area contributed by atoms with Crippen LogP contribution in [-0.2, 0) is 11.2 Å². The number of carboxylic acids is 1. The van der Waals surface area contributed by atoms with E-state index in [0.29, 0.717) is 17.9 Å². The van der Waals surface area contributed by atoms with Gasteiger partial charge in [-0.3, -0.25) is 4.79 Å². The van der Waals surface area contributed by atoms with Crippen molar-refractivity contribution in [1.29, 1.82) is 5.26 Å². The third kappa shape index (κ3) is 4.62. The van der Waals surface area contributed by atoms with Crippen molar-refractivity contribution in [3.8, 4) is 11.8 Å². The van der Waals surface area contributed by atoms with Crippen molar-refractivity contribution in [2.45, 2.75) is 38.3 Å². The average Bonchev–Trinajstić information content (AvgIpc) is 2.70. The lowest BCUT2D eigenvalue weighted by molar-refractivity contribution is -0.136. The lowest BCUT2D eigenvalue weighted by atomic mass is 9.97. The summed E-state index contributed by atoms with van der Waals surface area (Å²) >= 11 is 0. The van der Waals surface area contributed by atoms with E-state index in [1.54, 1.807) is 6.07 Å². The number of fused-ring (bicyclic) bond motifs is 1. The minimum atomic E-state index is -0.824. The van der Waals surface area contributed by atoms with E-state index in [9.17, 15) is 10.1 Å². The highest BCUT2D eigenvalue weighted by molar-refractivity contribution is 5.70. The molecule has 28 heavy (non-hydrogen) atoms. The van der Waals surface area contributed by atoms with Gasteiger partial charge in [-0.15, -0.1) is 0 Å². The Labute approximate surface area is 165 Å². The molecule has 0 bridgehead atoms. The van der Waals surface area contributed by atoms with E-state index < -0.39 is 5.97 Å². The fourth-order valence-electron chi connectivity index (χ4n) is 3.37. The maximum Gasteiger partial charge on any atom is 0.307 e. The predicted octanol–water partition coefficient (Wildman–Crippen LogP) is 3.14. The van der Waals surface area contributed by atoms with Gasteiger partial charge in [-0.1, -0.05) is 37.3 Å². The summed E-state index contributed by atoms with van der Waals surface area (Å²) in [5, 5.41) is 25.1. The molecule has 0 saturated carbocycles. The molecule has 0 amide bonds. The molecule has 0 radical (unpaired) electrons. The Morgan fingerprint density at radius 3 is 2.89 bits per heavy atom. The van der Waals surface area contributed by atoms with Crippen molar-refractivity contribution < 1.29 is 14.6 Å². The van der Waals surface area contributed by atoms with Gasteiger partial charge >= 0.3 is 5.97 Å². The van der Waals surface area contributed by atoms with E-state index in [4.69, 9.17) is 9.84 Å². The first kappa shape index (κ1) is 19.7. The molecule has 0 aromatic heterocycles. The number of benzene rings is 2. The number of para-hydroxylation sites is 1. The number of nitrogens with zero attached hydrogens (tertiary/aromatic N) is 1. The second-order valence-electron chi connectivity index (χ2n) is 7.24. The van der Waals surface area contributed by atoms with Gasteiger partial charge in [-0.2, -0.15) is 5.26 Å². The van der Waals surface area contributed by atoms with Gasteiger partial charge in [0, 0.05) is 12.6 Å². The summed E-state index contributed by atoms with van der Waals surface area (Å²) in [5.41, 5.74) is 3.31. The summed E-state index contributed by atoms with van der Waals surface area (Å²) in [6, 6.07) is 15.5. The summed E-state index contributed by atoms with van der Waals surface area (Å²) in [6.45, 7) is 5.59. The number of ether oxygens (including phenoxy) is 1. The standard InChI is InChI=1S/C22H25N3O3/c1-14(17-6-3-5-16(9-17)10-21(26)27)12-24-15(2)20-13-25-19-8-4-7-18(11-23)22(19)28-20/h3-9,14-15,20,24-25H,10,12-13H2,1-2H3,(H,26,27)/t14-,15+,20+/m0/s1.